The standard InChI is InChI=1S/C12H8F2O6S2/c13-8-3-1-7(2-4-8)9-5-6-10(14)12(22(18,19)20)11(9)21(15,16)17/h1-6H,(H,15,16,17)(H,18,19,20). The predicted octanol–water partition coefficient (Wildman–Crippen LogP) is 2.13. The smallest absolute Gasteiger partial charge is 0.282 e. The second-order valence-electron chi connectivity index (χ2n) is 4.21. The first-order valence-corrected chi connectivity index (χ1v) is 8.43. The summed E-state index contributed by atoms with van der Waals surface area (Å²) in [5, 5.41) is 0. The molecular formula is C12H8F2O6S2. The van der Waals surface area contributed by atoms with Crippen LogP contribution in [-0.4, -0.2) is 25.9 Å². The second-order valence-corrected chi connectivity index (χ2v) is 6.93. The van der Waals surface area contributed by atoms with Crippen LogP contribution < -0.4 is 0 Å². The van der Waals surface area contributed by atoms with Gasteiger partial charge >= 0.3 is 0 Å². The predicted molar refractivity (Wildman–Crippen MR) is 71.4 cm³/mol. The van der Waals surface area contributed by atoms with Crippen molar-refractivity contribution in [3.05, 3.63) is 48.0 Å². The average Bonchev–Trinajstić information content (AvgIpc) is 2.37. The van der Waals surface area contributed by atoms with Crippen molar-refractivity contribution in [3.8, 4) is 11.1 Å². The molecule has 0 atom stereocenters. The largest absolute Gasteiger partial charge is 0.298 e. The summed E-state index contributed by atoms with van der Waals surface area (Å²) in [4.78, 5) is -2.89. The molecule has 0 spiro atoms. The molecule has 2 N–H and O–H groups in total. The molecule has 2 aromatic rings. The summed E-state index contributed by atoms with van der Waals surface area (Å²) in [5.74, 6) is -2.20. The van der Waals surface area contributed by atoms with E-state index in [0.717, 1.165) is 30.3 Å². The summed E-state index contributed by atoms with van der Waals surface area (Å²) in [6.45, 7) is 0. The van der Waals surface area contributed by atoms with E-state index in [1.165, 1.54) is 0 Å². The van der Waals surface area contributed by atoms with E-state index >= 15 is 0 Å². The van der Waals surface area contributed by atoms with Gasteiger partial charge in [0.05, 0.1) is 0 Å². The SMILES string of the molecule is O=S(=O)(O)c1c(F)ccc(-c2ccc(F)cc2)c1S(=O)(=O)O. The van der Waals surface area contributed by atoms with E-state index < -0.39 is 47.2 Å². The molecular weight excluding hydrogens is 342 g/mol. The van der Waals surface area contributed by atoms with Gasteiger partial charge in [-0.25, -0.2) is 8.78 Å². The van der Waals surface area contributed by atoms with E-state index in [2.05, 4.69) is 0 Å². The molecule has 0 saturated heterocycles. The quantitative estimate of drug-likeness (QED) is 0.821. The highest BCUT2D eigenvalue weighted by molar-refractivity contribution is 7.89. The number of rotatable bonds is 3. The van der Waals surface area contributed by atoms with E-state index in [4.69, 9.17) is 4.55 Å². The molecule has 10 heteroatoms. The van der Waals surface area contributed by atoms with Gasteiger partial charge < -0.3 is 0 Å². The summed E-state index contributed by atoms with van der Waals surface area (Å²) in [6, 6.07) is 5.62. The Morgan fingerprint density at radius 1 is 0.727 bits per heavy atom. The zero-order valence-corrected chi connectivity index (χ0v) is 12.2. The minimum Gasteiger partial charge on any atom is -0.282 e. The Balaban J connectivity index is 2.96. The van der Waals surface area contributed by atoms with Gasteiger partial charge in [-0.2, -0.15) is 16.8 Å². The van der Waals surface area contributed by atoms with Gasteiger partial charge in [-0.1, -0.05) is 12.1 Å². The zero-order chi connectivity index (χ0) is 16.7. The highest BCUT2D eigenvalue weighted by atomic mass is 32.2. The molecule has 2 aromatic carbocycles. The summed E-state index contributed by atoms with van der Waals surface area (Å²) >= 11 is 0. The Morgan fingerprint density at radius 3 is 1.68 bits per heavy atom. The second kappa shape index (κ2) is 5.39. The van der Waals surface area contributed by atoms with Crippen LogP contribution in [0.3, 0.4) is 0 Å². The molecule has 0 saturated carbocycles. The molecule has 0 amide bonds. The molecule has 0 aliphatic rings. The molecule has 118 valence electrons. The van der Waals surface area contributed by atoms with Crippen molar-refractivity contribution in [1.29, 1.82) is 0 Å². The van der Waals surface area contributed by atoms with Crippen molar-refractivity contribution in [2.45, 2.75) is 9.79 Å². The van der Waals surface area contributed by atoms with E-state index in [1.54, 1.807) is 0 Å². The lowest BCUT2D eigenvalue weighted by molar-refractivity contribution is 0.455. The van der Waals surface area contributed by atoms with Gasteiger partial charge in [0.15, 0.2) is 4.90 Å². The first kappa shape index (κ1) is 16.5. The summed E-state index contributed by atoms with van der Waals surface area (Å²) in [5.41, 5.74) is -0.407. The van der Waals surface area contributed by atoms with E-state index in [9.17, 15) is 30.2 Å². The van der Waals surface area contributed by atoms with Gasteiger partial charge in [0.2, 0.25) is 0 Å². The van der Waals surface area contributed by atoms with E-state index in [1.807, 2.05) is 0 Å². The third kappa shape index (κ3) is 3.14. The fraction of sp³-hybridized carbons (Fsp3) is 0. The van der Waals surface area contributed by atoms with Crippen molar-refractivity contribution in [2.24, 2.45) is 0 Å². The van der Waals surface area contributed by atoms with Crippen LogP contribution in [0.5, 0.6) is 0 Å². The van der Waals surface area contributed by atoms with Gasteiger partial charge in [0.1, 0.15) is 16.5 Å². The lowest BCUT2D eigenvalue weighted by Crippen LogP contribution is -2.12. The highest BCUT2D eigenvalue weighted by Gasteiger charge is 2.31. The average molecular weight is 350 g/mol. The van der Waals surface area contributed by atoms with Crippen LogP contribution in [0.25, 0.3) is 11.1 Å². The number of halogens is 2. The molecule has 0 heterocycles. The van der Waals surface area contributed by atoms with Gasteiger partial charge in [-0.3, -0.25) is 9.11 Å². The molecule has 0 unspecified atom stereocenters. The maximum atomic E-state index is 13.7. The van der Waals surface area contributed by atoms with Crippen molar-refractivity contribution >= 4 is 20.2 Å². The molecule has 22 heavy (non-hydrogen) atoms. The zero-order valence-electron chi connectivity index (χ0n) is 10.6. The monoisotopic (exact) mass is 350 g/mol. The van der Waals surface area contributed by atoms with Gasteiger partial charge in [0, 0.05) is 5.56 Å². The fourth-order valence-electron chi connectivity index (χ4n) is 1.89. The molecule has 0 radical (unpaired) electrons. The molecule has 0 bridgehead atoms. The third-order valence-corrected chi connectivity index (χ3v) is 4.72. The Hall–Kier alpha value is -1.88. The van der Waals surface area contributed by atoms with Gasteiger partial charge in [-0.15, -0.1) is 0 Å². The minimum atomic E-state index is -5.27. The highest BCUT2D eigenvalue weighted by Crippen LogP contribution is 2.34. The minimum absolute atomic E-state index is 0.000995. The Labute approximate surface area is 124 Å². The first-order chi connectivity index (χ1) is 10.0. The van der Waals surface area contributed by atoms with Crippen LogP contribution in [0.1, 0.15) is 0 Å². The number of benzene rings is 2. The first-order valence-electron chi connectivity index (χ1n) is 5.55. The molecule has 0 fully saturated rings. The third-order valence-electron chi connectivity index (χ3n) is 2.74. The van der Waals surface area contributed by atoms with E-state index in [0.29, 0.717) is 6.07 Å². The van der Waals surface area contributed by atoms with Crippen molar-refractivity contribution in [3.63, 3.8) is 0 Å². The van der Waals surface area contributed by atoms with Gasteiger partial charge in [0.25, 0.3) is 20.2 Å². The number of hydrogen-bond acceptors (Lipinski definition) is 4. The van der Waals surface area contributed by atoms with Crippen LogP contribution in [0.15, 0.2) is 46.2 Å². The van der Waals surface area contributed by atoms with Gasteiger partial charge in [-0.05, 0) is 29.8 Å². The lowest BCUT2D eigenvalue weighted by Gasteiger charge is -2.12. The van der Waals surface area contributed by atoms with Crippen LogP contribution in [0.2, 0.25) is 0 Å². The summed E-state index contributed by atoms with van der Waals surface area (Å²) in [7, 11) is -10.5. The van der Waals surface area contributed by atoms with Crippen LogP contribution in [0, 0.1) is 11.6 Å². The number of hydrogen-bond donors (Lipinski definition) is 2. The maximum absolute atomic E-state index is 13.7. The normalized spacial score (nSPS) is 12.4. The van der Waals surface area contributed by atoms with Crippen molar-refractivity contribution in [2.75, 3.05) is 0 Å². The summed E-state index contributed by atoms with van der Waals surface area (Å²) in [6.07, 6.45) is 0. The van der Waals surface area contributed by atoms with E-state index in [-0.39, 0.29) is 5.56 Å². The Kier molecular flexibility index (Phi) is 4.04. The Morgan fingerprint density at radius 2 is 1.23 bits per heavy atom. The molecule has 0 aliphatic heterocycles. The van der Waals surface area contributed by atoms with Crippen molar-refractivity contribution in [1.82, 2.24) is 0 Å². The molecule has 6 nitrogen and oxygen atoms in total. The van der Waals surface area contributed by atoms with Crippen LogP contribution in [0.4, 0.5) is 8.78 Å². The molecule has 2 rings (SSSR count). The lowest BCUT2D eigenvalue weighted by atomic mass is 10.1. The van der Waals surface area contributed by atoms with Crippen LogP contribution in [-0.2, 0) is 20.2 Å². The molecule has 0 aromatic heterocycles. The fourth-order valence-corrected chi connectivity index (χ4v) is 3.98. The topological polar surface area (TPSA) is 109 Å². The molecule has 0 aliphatic carbocycles. The van der Waals surface area contributed by atoms with Crippen molar-refractivity contribution < 1.29 is 34.7 Å². The Bertz CT molecular complexity index is 934. The van der Waals surface area contributed by atoms with Crippen LogP contribution >= 0.6 is 0 Å². The maximum Gasteiger partial charge on any atom is 0.298 e. The summed E-state index contributed by atoms with van der Waals surface area (Å²) < 4.78 is 90.2.